The van der Waals surface area contributed by atoms with E-state index in [0.29, 0.717) is 12.2 Å². The van der Waals surface area contributed by atoms with Gasteiger partial charge < -0.3 is 9.47 Å². The van der Waals surface area contributed by atoms with Gasteiger partial charge in [-0.3, -0.25) is 0 Å². The number of aryl methyl sites for hydroxylation is 1. The summed E-state index contributed by atoms with van der Waals surface area (Å²) in [5, 5.41) is 2.05. The number of esters is 1. The molecule has 2 aromatic rings. The number of benzene rings is 2. The topological polar surface area (TPSA) is 35.5 Å². The second-order valence-corrected chi connectivity index (χ2v) is 5.40. The smallest absolute Gasteiger partial charge is 0.341 e. The summed E-state index contributed by atoms with van der Waals surface area (Å²) in [5.41, 5.74) is 4.94. The van der Waals surface area contributed by atoms with E-state index in [4.69, 9.17) is 9.47 Å². The zero-order valence-corrected chi connectivity index (χ0v) is 11.4. The Morgan fingerprint density at radius 3 is 2.80 bits per heavy atom. The van der Waals surface area contributed by atoms with E-state index in [1.165, 1.54) is 0 Å². The van der Waals surface area contributed by atoms with Crippen molar-refractivity contribution in [1.29, 1.82) is 0 Å². The maximum Gasteiger partial charge on any atom is 0.341 e. The van der Waals surface area contributed by atoms with Crippen molar-refractivity contribution in [2.75, 3.05) is 6.61 Å². The Balaban J connectivity index is 2.11. The lowest BCUT2D eigenvalue weighted by Crippen LogP contribution is -2.26. The van der Waals surface area contributed by atoms with Crippen molar-refractivity contribution >= 4 is 22.3 Å². The van der Waals surface area contributed by atoms with Crippen LogP contribution in [0.4, 0.5) is 0 Å². The lowest BCUT2D eigenvalue weighted by Gasteiger charge is -2.25. The number of carbonyl (C=O) groups is 1. The molecule has 0 spiro atoms. The molecule has 0 amide bonds. The predicted molar refractivity (Wildman–Crippen MR) is 76.4 cm³/mol. The van der Waals surface area contributed by atoms with Gasteiger partial charge in [-0.1, -0.05) is 30.3 Å². The van der Waals surface area contributed by atoms with E-state index in [1.54, 1.807) is 0 Å². The average molecular weight is 266 g/mol. The molecular formula is C17H14O3. The lowest BCUT2D eigenvalue weighted by atomic mass is 9.89. The highest BCUT2D eigenvalue weighted by Gasteiger charge is 2.37. The predicted octanol–water partition coefficient (Wildman–Crippen LogP) is 3.45. The van der Waals surface area contributed by atoms with Crippen LogP contribution in [-0.2, 0) is 9.47 Å². The van der Waals surface area contributed by atoms with Gasteiger partial charge in [0.25, 0.3) is 0 Å². The van der Waals surface area contributed by atoms with E-state index in [2.05, 4.69) is 19.1 Å². The second-order valence-electron chi connectivity index (χ2n) is 5.40. The van der Waals surface area contributed by atoms with Crippen LogP contribution in [0, 0.1) is 6.92 Å². The standard InChI is InChI=1S/C17H14O3/c1-9-4-3-5-12-11(9)6-7-13-14-10(2)8-19-17(14)20-16(18)15(12)13/h3-7,17H,8H2,1-2H3. The summed E-state index contributed by atoms with van der Waals surface area (Å²) in [7, 11) is 0. The van der Waals surface area contributed by atoms with Crippen molar-refractivity contribution < 1.29 is 14.3 Å². The Bertz CT molecular complexity index is 786. The first kappa shape index (κ1) is 11.7. The molecule has 2 aliphatic heterocycles. The van der Waals surface area contributed by atoms with Gasteiger partial charge in [0.05, 0.1) is 12.2 Å². The minimum atomic E-state index is -0.530. The molecule has 2 aliphatic rings. The summed E-state index contributed by atoms with van der Waals surface area (Å²) in [6.45, 7) is 4.60. The summed E-state index contributed by atoms with van der Waals surface area (Å²) in [6.07, 6.45) is -0.530. The first-order chi connectivity index (χ1) is 9.66. The Morgan fingerprint density at radius 1 is 1.10 bits per heavy atom. The molecule has 2 aromatic carbocycles. The SMILES string of the molecule is CC1=C2c3ccc4c(C)cccc4c3C(=O)OC2OC1. The fourth-order valence-corrected chi connectivity index (χ4v) is 3.13. The molecule has 0 aromatic heterocycles. The molecule has 4 rings (SSSR count). The van der Waals surface area contributed by atoms with Crippen molar-refractivity contribution in [3.8, 4) is 0 Å². The molecule has 20 heavy (non-hydrogen) atoms. The largest absolute Gasteiger partial charge is 0.428 e. The van der Waals surface area contributed by atoms with Crippen molar-refractivity contribution in [2.45, 2.75) is 20.1 Å². The first-order valence-electron chi connectivity index (χ1n) is 6.72. The van der Waals surface area contributed by atoms with Crippen LogP contribution in [0.25, 0.3) is 16.3 Å². The van der Waals surface area contributed by atoms with Gasteiger partial charge >= 0.3 is 5.97 Å². The van der Waals surface area contributed by atoms with Gasteiger partial charge in [0, 0.05) is 5.57 Å². The lowest BCUT2D eigenvalue weighted by molar-refractivity contribution is -0.0593. The molecule has 0 N–H and O–H groups in total. The van der Waals surface area contributed by atoms with E-state index in [0.717, 1.165) is 33.0 Å². The number of hydrogen-bond acceptors (Lipinski definition) is 3. The van der Waals surface area contributed by atoms with Crippen LogP contribution in [0.1, 0.15) is 28.4 Å². The number of rotatable bonds is 0. The fourth-order valence-electron chi connectivity index (χ4n) is 3.13. The molecule has 0 saturated carbocycles. The molecule has 0 radical (unpaired) electrons. The van der Waals surface area contributed by atoms with Crippen LogP contribution in [0.3, 0.4) is 0 Å². The summed E-state index contributed by atoms with van der Waals surface area (Å²) < 4.78 is 11.0. The van der Waals surface area contributed by atoms with E-state index in [-0.39, 0.29) is 5.97 Å². The second kappa shape index (κ2) is 3.93. The number of hydrogen-bond donors (Lipinski definition) is 0. The maximum atomic E-state index is 12.3. The van der Waals surface area contributed by atoms with Crippen LogP contribution in [0.2, 0.25) is 0 Å². The third-order valence-corrected chi connectivity index (χ3v) is 4.13. The van der Waals surface area contributed by atoms with E-state index in [1.807, 2.05) is 25.1 Å². The average Bonchev–Trinajstić information content (AvgIpc) is 2.80. The number of ether oxygens (including phenoxy) is 2. The minimum absolute atomic E-state index is 0.292. The van der Waals surface area contributed by atoms with Crippen LogP contribution in [-0.4, -0.2) is 18.9 Å². The van der Waals surface area contributed by atoms with Gasteiger partial charge in [0.15, 0.2) is 0 Å². The van der Waals surface area contributed by atoms with Crippen molar-refractivity contribution in [1.82, 2.24) is 0 Å². The Labute approximate surface area is 116 Å². The Kier molecular flexibility index (Phi) is 2.30. The first-order valence-corrected chi connectivity index (χ1v) is 6.72. The molecule has 3 nitrogen and oxygen atoms in total. The Hall–Kier alpha value is -2.13. The summed E-state index contributed by atoms with van der Waals surface area (Å²) in [6, 6.07) is 10.1. The highest BCUT2D eigenvalue weighted by atomic mass is 16.7. The normalized spacial score (nSPS) is 20.9. The summed E-state index contributed by atoms with van der Waals surface area (Å²) in [5.74, 6) is -0.292. The molecule has 100 valence electrons. The molecule has 0 bridgehead atoms. The third kappa shape index (κ3) is 1.41. The fraction of sp³-hybridized carbons (Fsp3) is 0.235. The van der Waals surface area contributed by atoms with Gasteiger partial charge in [-0.25, -0.2) is 4.79 Å². The molecule has 0 aliphatic carbocycles. The van der Waals surface area contributed by atoms with Gasteiger partial charge in [0.1, 0.15) is 0 Å². The van der Waals surface area contributed by atoms with Crippen LogP contribution in [0.15, 0.2) is 35.9 Å². The quantitative estimate of drug-likeness (QED) is 0.685. The molecule has 0 fully saturated rings. The van der Waals surface area contributed by atoms with Crippen LogP contribution < -0.4 is 0 Å². The zero-order valence-electron chi connectivity index (χ0n) is 11.4. The monoisotopic (exact) mass is 266 g/mol. The number of fused-ring (bicyclic) bond motifs is 5. The van der Waals surface area contributed by atoms with Crippen LogP contribution >= 0.6 is 0 Å². The molecule has 1 unspecified atom stereocenters. The molecule has 1 atom stereocenters. The zero-order chi connectivity index (χ0) is 13.9. The molecule has 3 heteroatoms. The van der Waals surface area contributed by atoms with E-state index < -0.39 is 6.29 Å². The Morgan fingerprint density at radius 2 is 1.95 bits per heavy atom. The van der Waals surface area contributed by atoms with Crippen molar-refractivity contribution in [3.05, 3.63) is 52.6 Å². The highest BCUT2D eigenvalue weighted by Crippen LogP contribution is 2.40. The summed E-state index contributed by atoms with van der Waals surface area (Å²) >= 11 is 0. The molecule has 0 saturated heterocycles. The van der Waals surface area contributed by atoms with Gasteiger partial charge in [-0.2, -0.15) is 0 Å². The van der Waals surface area contributed by atoms with E-state index in [9.17, 15) is 4.79 Å². The van der Waals surface area contributed by atoms with E-state index >= 15 is 0 Å². The molecular weight excluding hydrogens is 252 g/mol. The van der Waals surface area contributed by atoms with Crippen molar-refractivity contribution in [3.63, 3.8) is 0 Å². The number of carbonyl (C=O) groups excluding carboxylic acids is 1. The summed E-state index contributed by atoms with van der Waals surface area (Å²) in [4.78, 5) is 12.3. The van der Waals surface area contributed by atoms with Gasteiger partial charge in [-0.05, 0) is 41.3 Å². The maximum absolute atomic E-state index is 12.3. The van der Waals surface area contributed by atoms with Gasteiger partial charge in [0.2, 0.25) is 6.29 Å². The van der Waals surface area contributed by atoms with Gasteiger partial charge in [-0.15, -0.1) is 0 Å². The van der Waals surface area contributed by atoms with Crippen molar-refractivity contribution in [2.24, 2.45) is 0 Å². The highest BCUT2D eigenvalue weighted by molar-refractivity contribution is 6.11. The van der Waals surface area contributed by atoms with Crippen LogP contribution in [0.5, 0.6) is 0 Å². The minimum Gasteiger partial charge on any atom is -0.428 e. The molecule has 2 heterocycles. The third-order valence-electron chi connectivity index (χ3n) is 4.13.